The molecule has 0 spiro atoms. The predicted octanol–water partition coefficient (Wildman–Crippen LogP) is 2.11. The molecule has 0 saturated carbocycles. The lowest BCUT2D eigenvalue weighted by molar-refractivity contribution is 0.593. The molecule has 0 radical (unpaired) electrons. The fraction of sp³-hybridized carbons (Fsp3) is 0.214. The molecule has 0 aliphatic carbocycles. The first kappa shape index (κ1) is 14.3. The Morgan fingerprint density at radius 3 is 2.55 bits per heavy atom. The van der Waals surface area contributed by atoms with Gasteiger partial charge in [0.25, 0.3) is 10.0 Å². The van der Waals surface area contributed by atoms with Crippen molar-refractivity contribution in [3.05, 3.63) is 47.8 Å². The number of hydrogen-bond donors (Lipinski definition) is 1. The highest BCUT2D eigenvalue weighted by Crippen LogP contribution is 2.27. The lowest BCUT2D eigenvalue weighted by atomic mass is 10.1. The van der Waals surface area contributed by atoms with Crippen LogP contribution in [0, 0.1) is 13.8 Å². The van der Waals surface area contributed by atoms with Crippen LogP contribution in [0.1, 0.15) is 11.1 Å². The number of aromatic nitrogens is 1. The molecule has 0 saturated heterocycles. The highest BCUT2D eigenvalue weighted by atomic mass is 32.2. The maximum atomic E-state index is 12.7. The normalized spacial score (nSPS) is 11.3. The van der Waals surface area contributed by atoms with Gasteiger partial charge < -0.3 is 5.73 Å². The molecule has 1 heterocycles. The van der Waals surface area contributed by atoms with Crippen molar-refractivity contribution in [1.29, 1.82) is 0 Å². The Hall–Kier alpha value is -2.08. The highest BCUT2D eigenvalue weighted by molar-refractivity contribution is 7.92. The summed E-state index contributed by atoms with van der Waals surface area (Å²) < 4.78 is 26.6. The number of nitrogens with two attached hydrogens (primary N) is 1. The smallest absolute Gasteiger partial charge is 0.264 e. The van der Waals surface area contributed by atoms with Crippen LogP contribution in [0.5, 0.6) is 0 Å². The number of rotatable bonds is 3. The second-order valence-corrected chi connectivity index (χ2v) is 6.58. The largest absolute Gasteiger partial charge is 0.399 e. The van der Waals surface area contributed by atoms with E-state index in [4.69, 9.17) is 5.73 Å². The zero-order valence-corrected chi connectivity index (χ0v) is 12.5. The maximum Gasteiger partial charge on any atom is 0.264 e. The van der Waals surface area contributed by atoms with Crippen LogP contribution in [-0.4, -0.2) is 20.4 Å². The van der Waals surface area contributed by atoms with Crippen LogP contribution in [0.4, 0.5) is 11.4 Å². The molecule has 2 N–H and O–H groups in total. The minimum absolute atomic E-state index is 0.223. The Bertz CT molecular complexity index is 728. The summed E-state index contributed by atoms with van der Waals surface area (Å²) >= 11 is 0. The number of anilines is 2. The molecule has 1 aromatic heterocycles. The molecular formula is C14H17N3O2S. The summed E-state index contributed by atoms with van der Waals surface area (Å²) in [6, 6.07) is 6.64. The highest BCUT2D eigenvalue weighted by Gasteiger charge is 2.24. The lowest BCUT2D eigenvalue weighted by Crippen LogP contribution is -2.27. The molecule has 0 unspecified atom stereocenters. The van der Waals surface area contributed by atoms with Crippen LogP contribution < -0.4 is 10.0 Å². The number of hydrogen-bond acceptors (Lipinski definition) is 4. The SMILES string of the molecule is Cc1cc(N)cc(S(=O)(=O)N(C)c2cccnc2)c1C. The number of nitrogens with zero attached hydrogens (tertiary/aromatic N) is 2. The summed E-state index contributed by atoms with van der Waals surface area (Å²) in [6.45, 7) is 3.62. The first-order chi connectivity index (χ1) is 9.34. The zero-order chi connectivity index (χ0) is 14.9. The van der Waals surface area contributed by atoms with Gasteiger partial charge in [-0.1, -0.05) is 0 Å². The van der Waals surface area contributed by atoms with Gasteiger partial charge in [-0.3, -0.25) is 9.29 Å². The van der Waals surface area contributed by atoms with Gasteiger partial charge >= 0.3 is 0 Å². The third-order valence-corrected chi connectivity index (χ3v) is 5.20. The molecule has 6 heteroatoms. The molecule has 0 bridgehead atoms. The third-order valence-electron chi connectivity index (χ3n) is 3.29. The Kier molecular flexibility index (Phi) is 3.67. The first-order valence-corrected chi connectivity index (χ1v) is 7.53. The maximum absolute atomic E-state index is 12.7. The standard InChI is InChI=1S/C14H17N3O2S/c1-10-7-12(15)8-14(11(10)2)20(18,19)17(3)13-5-4-6-16-9-13/h4-9H,15H2,1-3H3. The van der Waals surface area contributed by atoms with E-state index in [0.29, 0.717) is 16.9 Å². The predicted molar refractivity (Wildman–Crippen MR) is 80.2 cm³/mol. The molecule has 0 aliphatic heterocycles. The fourth-order valence-electron chi connectivity index (χ4n) is 1.95. The molecule has 1 aromatic carbocycles. The number of aryl methyl sites for hydroxylation is 1. The number of pyridine rings is 1. The van der Waals surface area contributed by atoms with Crippen molar-refractivity contribution in [3.8, 4) is 0 Å². The minimum atomic E-state index is -3.65. The van der Waals surface area contributed by atoms with E-state index in [9.17, 15) is 8.42 Å². The van der Waals surface area contributed by atoms with Crippen LogP contribution in [0.3, 0.4) is 0 Å². The Balaban J connectivity index is 2.57. The van der Waals surface area contributed by atoms with E-state index >= 15 is 0 Å². The van der Waals surface area contributed by atoms with Crippen LogP contribution in [-0.2, 0) is 10.0 Å². The summed E-state index contributed by atoms with van der Waals surface area (Å²) in [5.41, 5.74) is 8.27. The quantitative estimate of drug-likeness (QED) is 0.879. The van der Waals surface area contributed by atoms with Crippen LogP contribution in [0.25, 0.3) is 0 Å². The summed E-state index contributed by atoms with van der Waals surface area (Å²) in [6.07, 6.45) is 3.10. The van der Waals surface area contributed by atoms with Crippen molar-refractivity contribution in [2.75, 3.05) is 17.1 Å². The van der Waals surface area contributed by atoms with Gasteiger partial charge in [-0.2, -0.15) is 0 Å². The second kappa shape index (κ2) is 5.13. The van der Waals surface area contributed by atoms with Gasteiger partial charge in [0.15, 0.2) is 0 Å². The molecule has 0 fully saturated rings. The summed E-state index contributed by atoms with van der Waals surface area (Å²) in [5, 5.41) is 0. The van der Waals surface area contributed by atoms with Gasteiger partial charge in [-0.05, 0) is 49.2 Å². The molecule has 0 aliphatic rings. The Labute approximate surface area is 119 Å². The van der Waals surface area contributed by atoms with Gasteiger partial charge in [0.2, 0.25) is 0 Å². The van der Waals surface area contributed by atoms with Gasteiger partial charge in [0.05, 0.1) is 16.8 Å². The van der Waals surface area contributed by atoms with E-state index in [0.717, 1.165) is 5.56 Å². The summed E-state index contributed by atoms with van der Waals surface area (Å²) in [5.74, 6) is 0. The molecule has 20 heavy (non-hydrogen) atoms. The van der Waals surface area contributed by atoms with E-state index < -0.39 is 10.0 Å². The van der Waals surface area contributed by atoms with E-state index in [2.05, 4.69) is 4.98 Å². The lowest BCUT2D eigenvalue weighted by Gasteiger charge is -2.21. The third kappa shape index (κ3) is 2.46. The van der Waals surface area contributed by atoms with Crippen molar-refractivity contribution in [3.63, 3.8) is 0 Å². The summed E-state index contributed by atoms with van der Waals surface area (Å²) in [4.78, 5) is 4.16. The number of nitrogen functional groups attached to an aromatic ring is 1. The average Bonchev–Trinajstić information content (AvgIpc) is 2.42. The minimum Gasteiger partial charge on any atom is -0.399 e. The zero-order valence-electron chi connectivity index (χ0n) is 11.7. The molecule has 0 atom stereocenters. The van der Waals surface area contributed by atoms with Crippen molar-refractivity contribution in [1.82, 2.24) is 4.98 Å². The monoisotopic (exact) mass is 291 g/mol. The summed E-state index contributed by atoms with van der Waals surface area (Å²) in [7, 11) is -2.15. The van der Waals surface area contributed by atoms with Crippen molar-refractivity contribution >= 4 is 21.4 Å². The topological polar surface area (TPSA) is 76.3 Å². The van der Waals surface area contributed by atoms with Crippen LogP contribution in [0.2, 0.25) is 0 Å². The molecule has 5 nitrogen and oxygen atoms in total. The molecule has 106 valence electrons. The molecule has 0 amide bonds. The fourth-order valence-corrected chi connectivity index (χ4v) is 3.46. The second-order valence-electron chi connectivity index (χ2n) is 4.64. The van der Waals surface area contributed by atoms with E-state index in [1.165, 1.54) is 23.6 Å². The van der Waals surface area contributed by atoms with Crippen LogP contribution >= 0.6 is 0 Å². The van der Waals surface area contributed by atoms with Gasteiger partial charge in [0, 0.05) is 18.9 Å². The molecule has 2 rings (SSSR count). The van der Waals surface area contributed by atoms with Gasteiger partial charge in [-0.15, -0.1) is 0 Å². The Morgan fingerprint density at radius 2 is 1.95 bits per heavy atom. The first-order valence-electron chi connectivity index (χ1n) is 6.09. The van der Waals surface area contributed by atoms with Gasteiger partial charge in [0.1, 0.15) is 0 Å². The Morgan fingerprint density at radius 1 is 1.25 bits per heavy atom. The van der Waals surface area contributed by atoms with Gasteiger partial charge in [-0.25, -0.2) is 8.42 Å². The van der Waals surface area contributed by atoms with E-state index in [-0.39, 0.29) is 4.90 Å². The van der Waals surface area contributed by atoms with Crippen molar-refractivity contribution in [2.45, 2.75) is 18.7 Å². The molecule has 2 aromatic rings. The van der Waals surface area contributed by atoms with Crippen LogP contribution in [0.15, 0.2) is 41.6 Å². The molecular weight excluding hydrogens is 274 g/mol. The van der Waals surface area contributed by atoms with E-state index in [1.54, 1.807) is 31.3 Å². The average molecular weight is 291 g/mol. The van der Waals surface area contributed by atoms with E-state index in [1.807, 2.05) is 6.92 Å². The number of benzene rings is 1. The number of sulfonamides is 1. The van der Waals surface area contributed by atoms with Crippen molar-refractivity contribution in [2.24, 2.45) is 0 Å². The van der Waals surface area contributed by atoms with Crippen molar-refractivity contribution < 1.29 is 8.42 Å².